The van der Waals surface area contributed by atoms with E-state index in [9.17, 15) is 18.3 Å². The van der Waals surface area contributed by atoms with Crippen LogP contribution in [0.2, 0.25) is 5.02 Å². The molecular formula is C31H31Cl2NO5S. The number of hydrogen-bond donors (Lipinski definition) is 2. The minimum atomic E-state index is -3.65. The number of aryl methyl sites for hydroxylation is 1. The highest BCUT2D eigenvalue weighted by Crippen LogP contribution is 2.26. The van der Waals surface area contributed by atoms with Gasteiger partial charge in [-0.05, 0) is 90.2 Å². The first-order chi connectivity index (χ1) is 18.8. The Bertz CT molecular complexity index is 1510. The third-order valence-electron chi connectivity index (χ3n) is 6.43. The molecule has 0 spiro atoms. The first kappa shape index (κ1) is 31.3. The van der Waals surface area contributed by atoms with Gasteiger partial charge < -0.3 is 15.2 Å². The molecular weight excluding hydrogens is 569 g/mol. The zero-order chi connectivity index (χ0) is 27.8. The van der Waals surface area contributed by atoms with Crippen molar-refractivity contribution in [3.8, 4) is 11.1 Å². The van der Waals surface area contributed by atoms with E-state index in [1.807, 2.05) is 24.3 Å². The molecule has 2 N–H and O–H groups in total. The van der Waals surface area contributed by atoms with Crippen LogP contribution in [0.4, 0.5) is 0 Å². The normalized spacial score (nSPS) is 11.9. The maximum Gasteiger partial charge on any atom is 0.337 e. The number of carbonyl (C=O) groups excluding carboxylic acids is 1. The van der Waals surface area contributed by atoms with Gasteiger partial charge in [0.25, 0.3) is 0 Å². The second-order valence-corrected chi connectivity index (χ2v) is 11.5. The van der Waals surface area contributed by atoms with Crippen LogP contribution in [0.25, 0.3) is 11.1 Å². The molecule has 40 heavy (non-hydrogen) atoms. The van der Waals surface area contributed by atoms with Crippen LogP contribution in [0.1, 0.15) is 34.0 Å². The fourth-order valence-electron chi connectivity index (χ4n) is 4.20. The van der Waals surface area contributed by atoms with E-state index < -0.39 is 21.9 Å². The Morgan fingerprint density at radius 2 is 1.48 bits per heavy atom. The lowest BCUT2D eigenvalue weighted by Gasteiger charge is -2.12. The van der Waals surface area contributed by atoms with Crippen molar-refractivity contribution in [1.82, 2.24) is 5.32 Å². The van der Waals surface area contributed by atoms with Gasteiger partial charge in [-0.2, -0.15) is 0 Å². The van der Waals surface area contributed by atoms with E-state index in [4.69, 9.17) is 16.3 Å². The van der Waals surface area contributed by atoms with Crippen molar-refractivity contribution >= 4 is 39.8 Å². The van der Waals surface area contributed by atoms with Crippen LogP contribution in [-0.4, -0.2) is 39.7 Å². The Morgan fingerprint density at radius 3 is 2.05 bits per heavy atom. The number of nitrogens with one attached hydrogen (secondary N) is 1. The van der Waals surface area contributed by atoms with Gasteiger partial charge in [0.1, 0.15) is 0 Å². The standard InChI is InChI=1S/C31H30ClNO5S.ClH/c1-38-31(35)25-11-9-23(10-12-25)24-13-17-29(18-14-24)39(36,37)28-15-7-22(8-16-28)4-3-19-33-21-30(34)26-5-2-6-27(32)20-26;/h2,5-18,20,30,33-34H,3-4,19,21H2,1H3;1H/t30-;/m0./s1. The minimum absolute atomic E-state index is 0. The predicted molar refractivity (Wildman–Crippen MR) is 160 cm³/mol. The molecule has 0 aliphatic rings. The highest BCUT2D eigenvalue weighted by Gasteiger charge is 2.18. The molecule has 0 saturated heterocycles. The average Bonchev–Trinajstić information content (AvgIpc) is 2.97. The summed E-state index contributed by atoms with van der Waals surface area (Å²) < 4.78 is 31.0. The van der Waals surface area contributed by atoms with Gasteiger partial charge in [0, 0.05) is 11.6 Å². The molecule has 0 fully saturated rings. The quantitative estimate of drug-likeness (QED) is 0.155. The summed E-state index contributed by atoms with van der Waals surface area (Å²) >= 11 is 5.98. The number of aliphatic hydroxyl groups excluding tert-OH is 1. The van der Waals surface area contributed by atoms with E-state index in [2.05, 4.69) is 5.32 Å². The number of benzene rings is 4. The summed E-state index contributed by atoms with van der Waals surface area (Å²) in [6.45, 7) is 1.14. The number of rotatable bonds is 11. The van der Waals surface area contributed by atoms with Crippen molar-refractivity contribution in [3.05, 3.63) is 119 Å². The van der Waals surface area contributed by atoms with Gasteiger partial charge in [-0.3, -0.25) is 0 Å². The second-order valence-electron chi connectivity index (χ2n) is 9.12. The molecule has 4 aromatic carbocycles. The summed E-state index contributed by atoms with van der Waals surface area (Å²) in [5, 5.41) is 14.1. The van der Waals surface area contributed by atoms with Gasteiger partial charge in [-0.15, -0.1) is 12.4 Å². The third kappa shape index (κ3) is 7.93. The van der Waals surface area contributed by atoms with E-state index in [0.717, 1.165) is 41.6 Å². The molecule has 1 atom stereocenters. The molecule has 0 saturated carbocycles. The Kier molecular flexibility index (Phi) is 11.3. The number of esters is 1. The third-order valence-corrected chi connectivity index (χ3v) is 8.45. The number of methoxy groups -OCH3 is 1. The van der Waals surface area contributed by atoms with Crippen LogP contribution in [0.15, 0.2) is 107 Å². The first-order valence-corrected chi connectivity index (χ1v) is 14.4. The highest BCUT2D eigenvalue weighted by atomic mass is 35.5. The van der Waals surface area contributed by atoms with Crippen molar-refractivity contribution in [2.75, 3.05) is 20.2 Å². The molecule has 6 nitrogen and oxygen atoms in total. The zero-order valence-electron chi connectivity index (χ0n) is 21.9. The maximum absolute atomic E-state index is 13.2. The number of ether oxygens (including phenoxy) is 1. The molecule has 0 radical (unpaired) electrons. The van der Waals surface area contributed by atoms with E-state index in [1.54, 1.807) is 72.8 Å². The Morgan fingerprint density at radius 1 is 0.900 bits per heavy atom. The van der Waals surface area contributed by atoms with Crippen molar-refractivity contribution in [2.24, 2.45) is 0 Å². The minimum Gasteiger partial charge on any atom is -0.465 e. The zero-order valence-corrected chi connectivity index (χ0v) is 24.3. The molecule has 0 bridgehead atoms. The largest absolute Gasteiger partial charge is 0.465 e. The first-order valence-electron chi connectivity index (χ1n) is 12.5. The molecule has 4 aromatic rings. The lowest BCUT2D eigenvalue weighted by atomic mass is 10.0. The van der Waals surface area contributed by atoms with Crippen LogP contribution in [0, 0.1) is 0 Å². The van der Waals surface area contributed by atoms with Crippen LogP contribution >= 0.6 is 24.0 Å². The Hall–Kier alpha value is -3.20. The summed E-state index contributed by atoms with van der Waals surface area (Å²) in [5.74, 6) is -0.407. The molecule has 0 aromatic heterocycles. The smallest absolute Gasteiger partial charge is 0.337 e. The fourth-order valence-corrected chi connectivity index (χ4v) is 5.66. The number of carbonyl (C=O) groups is 1. The molecule has 0 aliphatic heterocycles. The van der Waals surface area contributed by atoms with Gasteiger partial charge in [0.15, 0.2) is 0 Å². The summed E-state index contributed by atoms with van der Waals surface area (Å²) in [6, 6.07) is 27.8. The SMILES string of the molecule is COC(=O)c1ccc(-c2ccc(S(=O)(=O)c3ccc(CCCNC[C@H](O)c4cccc(Cl)c4)cc3)cc2)cc1.Cl. The summed E-state index contributed by atoms with van der Waals surface area (Å²) in [6.07, 6.45) is 0.995. The van der Waals surface area contributed by atoms with Crippen molar-refractivity contribution in [1.29, 1.82) is 0 Å². The molecule has 0 heterocycles. The van der Waals surface area contributed by atoms with Gasteiger partial charge >= 0.3 is 5.97 Å². The van der Waals surface area contributed by atoms with E-state index in [0.29, 0.717) is 17.1 Å². The number of sulfone groups is 1. The van der Waals surface area contributed by atoms with Gasteiger partial charge in [0.05, 0.1) is 28.6 Å². The summed E-state index contributed by atoms with van der Waals surface area (Å²) in [4.78, 5) is 12.1. The summed E-state index contributed by atoms with van der Waals surface area (Å²) in [7, 11) is -2.32. The Labute approximate surface area is 246 Å². The van der Waals surface area contributed by atoms with Crippen LogP contribution in [0.5, 0.6) is 0 Å². The highest BCUT2D eigenvalue weighted by molar-refractivity contribution is 7.91. The average molecular weight is 601 g/mol. The lowest BCUT2D eigenvalue weighted by molar-refractivity contribution is 0.0600. The number of halogens is 2. The molecule has 4 rings (SSSR count). The fraction of sp³-hybridized carbons (Fsp3) is 0.194. The van der Waals surface area contributed by atoms with Gasteiger partial charge in [0.2, 0.25) is 9.84 Å². The van der Waals surface area contributed by atoms with Crippen molar-refractivity contribution < 1.29 is 23.1 Å². The number of hydrogen-bond acceptors (Lipinski definition) is 6. The number of aliphatic hydroxyl groups is 1. The maximum atomic E-state index is 13.2. The van der Waals surface area contributed by atoms with Crippen molar-refractivity contribution in [3.63, 3.8) is 0 Å². The monoisotopic (exact) mass is 599 g/mol. The van der Waals surface area contributed by atoms with Crippen LogP contribution < -0.4 is 5.32 Å². The van der Waals surface area contributed by atoms with Crippen molar-refractivity contribution in [2.45, 2.75) is 28.7 Å². The predicted octanol–water partition coefficient (Wildman–Crippen LogP) is 6.30. The van der Waals surface area contributed by atoms with Gasteiger partial charge in [-0.1, -0.05) is 60.1 Å². The molecule has 0 aliphatic carbocycles. The molecule has 210 valence electrons. The van der Waals surface area contributed by atoms with E-state index in [1.165, 1.54) is 7.11 Å². The van der Waals surface area contributed by atoms with Crippen LogP contribution in [-0.2, 0) is 21.0 Å². The summed E-state index contributed by atoms with van der Waals surface area (Å²) in [5.41, 5.74) is 3.97. The topological polar surface area (TPSA) is 92.7 Å². The van der Waals surface area contributed by atoms with Gasteiger partial charge in [-0.25, -0.2) is 13.2 Å². The lowest BCUT2D eigenvalue weighted by Crippen LogP contribution is -2.22. The van der Waals surface area contributed by atoms with E-state index in [-0.39, 0.29) is 22.2 Å². The van der Waals surface area contributed by atoms with E-state index >= 15 is 0 Å². The molecule has 0 unspecified atom stereocenters. The second kappa shape index (κ2) is 14.4. The molecule has 9 heteroatoms. The van der Waals surface area contributed by atoms with Crippen LogP contribution in [0.3, 0.4) is 0 Å². The Balaban J connectivity index is 0.00000441. The molecule has 0 amide bonds.